The van der Waals surface area contributed by atoms with Crippen molar-refractivity contribution in [1.82, 2.24) is 10.6 Å². The Labute approximate surface area is 153 Å². The van der Waals surface area contributed by atoms with Gasteiger partial charge in [0.05, 0.1) is 0 Å². The van der Waals surface area contributed by atoms with E-state index in [1.165, 1.54) is 6.07 Å². The molecule has 0 radical (unpaired) electrons. The van der Waals surface area contributed by atoms with Crippen molar-refractivity contribution in [3.05, 3.63) is 71.0 Å². The first kappa shape index (κ1) is 19.6. The van der Waals surface area contributed by atoms with E-state index in [-0.39, 0.29) is 17.6 Å². The largest absolute Gasteiger partial charge is 0.352 e. The molecule has 0 aliphatic carbocycles. The lowest BCUT2D eigenvalue weighted by molar-refractivity contribution is 0.0941. The molecule has 5 heteroatoms. The zero-order chi connectivity index (χ0) is 18.9. The lowest BCUT2D eigenvalue weighted by atomic mass is 10.1. The molecule has 0 aliphatic rings. The van der Waals surface area contributed by atoms with Crippen molar-refractivity contribution >= 4 is 11.8 Å². The van der Waals surface area contributed by atoms with Crippen LogP contribution < -0.4 is 10.6 Å². The molecule has 0 saturated carbocycles. The second kappa shape index (κ2) is 9.70. The van der Waals surface area contributed by atoms with Gasteiger partial charge in [0, 0.05) is 24.2 Å². The van der Waals surface area contributed by atoms with Crippen LogP contribution in [0.3, 0.4) is 0 Å². The maximum Gasteiger partial charge on any atom is 0.251 e. The number of carbonyl (C=O) groups excluding carboxylic acids is 2. The van der Waals surface area contributed by atoms with Crippen molar-refractivity contribution in [3.63, 3.8) is 0 Å². The molecule has 26 heavy (non-hydrogen) atoms. The molecule has 0 bridgehead atoms. The van der Waals surface area contributed by atoms with Crippen LogP contribution in [0.1, 0.15) is 46.5 Å². The number of nitrogens with one attached hydrogen (secondary N) is 2. The normalized spacial score (nSPS) is 10.6. The molecule has 0 fully saturated rings. The van der Waals surface area contributed by atoms with Crippen molar-refractivity contribution in [2.75, 3.05) is 13.1 Å². The van der Waals surface area contributed by atoms with Crippen molar-refractivity contribution in [2.45, 2.75) is 26.7 Å². The molecule has 0 saturated heterocycles. The fourth-order valence-corrected chi connectivity index (χ4v) is 2.46. The first-order valence-corrected chi connectivity index (χ1v) is 8.87. The van der Waals surface area contributed by atoms with Crippen LogP contribution in [0.15, 0.2) is 48.5 Å². The van der Waals surface area contributed by atoms with Crippen molar-refractivity contribution < 1.29 is 14.0 Å². The highest BCUT2D eigenvalue weighted by Crippen LogP contribution is 2.08. The van der Waals surface area contributed by atoms with Gasteiger partial charge in [-0.15, -0.1) is 0 Å². The molecule has 2 aromatic rings. The van der Waals surface area contributed by atoms with Crippen molar-refractivity contribution in [3.8, 4) is 0 Å². The fourth-order valence-electron chi connectivity index (χ4n) is 2.46. The third kappa shape index (κ3) is 5.99. The van der Waals surface area contributed by atoms with Crippen molar-refractivity contribution in [1.29, 1.82) is 0 Å². The Morgan fingerprint density at radius 2 is 1.42 bits per heavy atom. The first-order chi connectivity index (χ1) is 12.5. The van der Waals surface area contributed by atoms with Gasteiger partial charge in [-0.1, -0.05) is 32.0 Å². The van der Waals surface area contributed by atoms with E-state index in [9.17, 15) is 14.0 Å². The number of hydrogen-bond donors (Lipinski definition) is 2. The predicted octanol–water partition coefficient (Wildman–Crippen LogP) is 3.57. The second-order valence-electron chi connectivity index (χ2n) is 6.61. The summed E-state index contributed by atoms with van der Waals surface area (Å²) in [5.41, 5.74) is 1.56. The topological polar surface area (TPSA) is 58.2 Å². The van der Waals surface area contributed by atoms with Gasteiger partial charge in [0.2, 0.25) is 0 Å². The van der Waals surface area contributed by atoms with Gasteiger partial charge in [-0.3, -0.25) is 9.59 Å². The van der Waals surface area contributed by atoms with Crippen LogP contribution in [0.5, 0.6) is 0 Å². The van der Waals surface area contributed by atoms with E-state index in [0.29, 0.717) is 42.1 Å². The minimum absolute atomic E-state index is 0.142. The summed E-state index contributed by atoms with van der Waals surface area (Å²) in [5.74, 6) is -0.120. The second-order valence-corrected chi connectivity index (χ2v) is 6.61. The number of hydrogen-bond acceptors (Lipinski definition) is 2. The van der Waals surface area contributed by atoms with Gasteiger partial charge >= 0.3 is 0 Å². The van der Waals surface area contributed by atoms with E-state index in [0.717, 1.165) is 6.42 Å². The maximum atomic E-state index is 13.5. The smallest absolute Gasteiger partial charge is 0.251 e. The summed E-state index contributed by atoms with van der Waals surface area (Å²) in [6, 6.07) is 13.0. The molecule has 0 unspecified atom stereocenters. The Bertz CT molecular complexity index is 742. The van der Waals surface area contributed by atoms with E-state index in [4.69, 9.17) is 0 Å². The van der Waals surface area contributed by atoms with Gasteiger partial charge in [-0.25, -0.2) is 4.39 Å². The van der Waals surface area contributed by atoms with Gasteiger partial charge in [0.25, 0.3) is 11.8 Å². The average Bonchev–Trinajstić information content (AvgIpc) is 2.63. The monoisotopic (exact) mass is 356 g/mol. The quantitative estimate of drug-likeness (QED) is 0.760. The molecule has 2 amide bonds. The van der Waals surface area contributed by atoms with Crippen LogP contribution in [0.2, 0.25) is 0 Å². The molecular formula is C21H25FN2O2. The first-order valence-electron chi connectivity index (χ1n) is 8.87. The lowest BCUT2D eigenvalue weighted by Gasteiger charge is -2.08. The van der Waals surface area contributed by atoms with Crippen LogP contribution in [0.25, 0.3) is 0 Å². The summed E-state index contributed by atoms with van der Waals surface area (Å²) >= 11 is 0. The van der Waals surface area contributed by atoms with E-state index in [2.05, 4.69) is 24.5 Å². The van der Waals surface area contributed by atoms with Crippen LogP contribution in [0.4, 0.5) is 4.39 Å². The Kier molecular flexibility index (Phi) is 7.33. The molecular weight excluding hydrogens is 331 g/mol. The third-order valence-electron chi connectivity index (χ3n) is 4.05. The van der Waals surface area contributed by atoms with Gasteiger partial charge in [-0.05, 0) is 54.7 Å². The number of benzene rings is 2. The Morgan fingerprint density at radius 3 is 1.96 bits per heavy atom. The fraction of sp³-hybridized carbons (Fsp3) is 0.333. The highest BCUT2D eigenvalue weighted by Gasteiger charge is 2.09. The zero-order valence-corrected chi connectivity index (χ0v) is 15.2. The van der Waals surface area contributed by atoms with E-state index in [1.54, 1.807) is 42.5 Å². The molecule has 2 aromatic carbocycles. The third-order valence-corrected chi connectivity index (χ3v) is 4.05. The summed E-state index contributed by atoms with van der Waals surface area (Å²) in [6.45, 7) is 5.18. The van der Waals surface area contributed by atoms with Gasteiger partial charge in [0.15, 0.2) is 0 Å². The average molecular weight is 356 g/mol. The van der Waals surface area contributed by atoms with Gasteiger partial charge in [0.1, 0.15) is 5.82 Å². The Morgan fingerprint density at radius 1 is 0.885 bits per heavy atom. The molecule has 2 N–H and O–H groups in total. The predicted molar refractivity (Wildman–Crippen MR) is 101 cm³/mol. The summed E-state index contributed by atoms with van der Waals surface area (Å²) in [6.07, 6.45) is 1.35. The Balaban J connectivity index is 1.82. The summed E-state index contributed by atoms with van der Waals surface area (Å²) in [4.78, 5) is 24.2. The zero-order valence-electron chi connectivity index (χ0n) is 15.2. The van der Waals surface area contributed by atoms with Gasteiger partial charge < -0.3 is 10.6 Å². The van der Waals surface area contributed by atoms with E-state index >= 15 is 0 Å². The standard InChI is InChI=1S/C21H25FN2O2/c1-15(2)11-13-23-20(25)17-7-9-18(10-8-17)21(26)24-14-12-16-5-3-4-6-19(16)22/h3-10,15H,11-14H2,1-2H3,(H,23,25)(H,24,26). The summed E-state index contributed by atoms with van der Waals surface area (Å²) in [7, 11) is 0. The molecule has 0 aliphatic heterocycles. The van der Waals surface area contributed by atoms with Crippen LogP contribution in [0, 0.1) is 11.7 Å². The molecule has 0 spiro atoms. The van der Waals surface area contributed by atoms with E-state index in [1.807, 2.05) is 0 Å². The maximum absolute atomic E-state index is 13.5. The van der Waals surface area contributed by atoms with Crippen LogP contribution >= 0.6 is 0 Å². The number of carbonyl (C=O) groups is 2. The SMILES string of the molecule is CC(C)CCNC(=O)c1ccc(C(=O)NCCc2ccccc2F)cc1. The summed E-state index contributed by atoms with van der Waals surface area (Å²) in [5, 5.41) is 5.63. The molecule has 0 heterocycles. The van der Waals surface area contributed by atoms with E-state index < -0.39 is 0 Å². The number of rotatable bonds is 8. The molecule has 0 atom stereocenters. The van der Waals surface area contributed by atoms with Gasteiger partial charge in [-0.2, -0.15) is 0 Å². The Hall–Kier alpha value is -2.69. The molecule has 2 rings (SSSR count). The molecule has 0 aromatic heterocycles. The minimum Gasteiger partial charge on any atom is -0.352 e. The van der Waals surface area contributed by atoms with Crippen LogP contribution in [-0.4, -0.2) is 24.9 Å². The number of amides is 2. The lowest BCUT2D eigenvalue weighted by Crippen LogP contribution is -2.27. The molecule has 4 nitrogen and oxygen atoms in total. The molecule has 138 valence electrons. The van der Waals surface area contributed by atoms with Crippen LogP contribution in [-0.2, 0) is 6.42 Å². The highest BCUT2D eigenvalue weighted by molar-refractivity contribution is 5.97. The minimum atomic E-state index is -0.269. The van der Waals surface area contributed by atoms with Crippen molar-refractivity contribution in [2.24, 2.45) is 5.92 Å². The highest BCUT2D eigenvalue weighted by atomic mass is 19.1. The number of halogens is 1. The summed E-state index contributed by atoms with van der Waals surface area (Å²) < 4.78 is 13.5.